The van der Waals surface area contributed by atoms with Crippen molar-refractivity contribution in [3.05, 3.63) is 44.4 Å². The van der Waals surface area contributed by atoms with E-state index in [2.05, 4.69) is 15.9 Å². The molecule has 0 saturated heterocycles. The lowest BCUT2D eigenvalue weighted by molar-refractivity contribution is 0.0658. The molecule has 4 nitrogen and oxygen atoms in total. The Kier molecular flexibility index (Phi) is 2.55. The van der Waals surface area contributed by atoms with Crippen molar-refractivity contribution < 1.29 is 14.3 Å². The smallest absolute Gasteiger partial charge is 0.371 e. The van der Waals surface area contributed by atoms with Crippen molar-refractivity contribution in [3.63, 3.8) is 0 Å². The largest absolute Gasteiger partial charge is 0.475 e. The number of aryl methyl sites for hydroxylation is 1. The average Bonchev–Trinajstić information content (AvgIpc) is 2.22. The highest BCUT2D eigenvalue weighted by atomic mass is 79.9. The number of fused-ring (bicyclic) bond motifs is 1. The summed E-state index contributed by atoms with van der Waals surface area (Å²) in [6.07, 6.45) is 0. The highest BCUT2D eigenvalue weighted by Crippen LogP contribution is 2.25. The van der Waals surface area contributed by atoms with Crippen LogP contribution in [0.25, 0.3) is 10.8 Å². The zero-order valence-electron chi connectivity index (χ0n) is 8.28. The van der Waals surface area contributed by atoms with Crippen molar-refractivity contribution >= 4 is 32.7 Å². The number of carboxylic acid groups (broad SMARTS) is 1. The average molecular weight is 283 g/mol. The first-order chi connectivity index (χ1) is 7.50. The lowest BCUT2D eigenvalue weighted by atomic mass is 10.1. The molecule has 16 heavy (non-hydrogen) atoms. The molecule has 2 aromatic rings. The van der Waals surface area contributed by atoms with Gasteiger partial charge in [-0.25, -0.2) is 9.59 Å². The van der Waals surface area contributed by atoms with Gasteiger partial charge in [0.2, 0.25) is 5.76 Å². The van der Waals surface area contributed by atoms with Crippen LogP contribution in [-0.2, 0) is 0 Å². The molecule has 5 heteroatoms. The van der Waals surface area contributed by atoms with Crippen LogP contribution in [0.4, 0.5) is 0 Å². The van der Waals surface area contributed by atoms with E-state index in [0.29, 0.717) is 15.2 Å². The van der Waals surface area contributed by atoms with Gasteiger partial charge in [-0.3, -0.25) is 0 Å². The Morgan fingerprint density at radius 2 is 2.12 bits per heavy atom. The van der Waals surface area contributed by atoms with E-state index in [1.54, 1.807) is 12.1 Å². The van der Waals surface area contributed by atoms with Crippen molar-refractivity contribution in [2.24, 2.45) is 0 Å². The maximum Gasteiger partial charge on any atom is 0.371 e. The Morgan fingerprint density at radius 1 is 1.44 bits per heavy atom. The molecule has 0 aliphatic rings. The highest BCUT2D eigenvalue weighted by Gasteiger charge is 2.13. The Bertz CT molecular complexity index is 642. The molecule has 0 aliphatic heterocycles. The second-order valence-electron chi connectivity index (χ2n) is 3.36. The van der Waals surface area contributed by atoms with Crippen LogP contribution in [-0.4, -0.2) is 11.1 Å². The van der Waals surface area contributed by atoms with Crippen molar-refractivity contribution in [3.8, 4) is 0 Å². The lowest BCUT2D eigenvalue weighted by Crippen LogP contribution is -2.07. The molecule has 0 amide bonds. The summed E-state index contributed by atoms with van der Waals surface area (Å²) in [5.41, 5.74) is 0.244. The van der Waals surface area contributed by atoms with Crippen LogP contribution in [0.3, 0.4) is 0 Å². The Balaban J connectivity index is 2.92. The van der Waals surface area contributed by atoms with Crippen LogP contribution < -0.4 is 5.63 Å². The number of hydrogen-bond donors (Lipinski definition) is 1. The van der Waals surface area contributed by atoms with E-state index in [-0.39, 0.29) is 5.76 Å². The first-order valence-electron chi connectivity index (χ1n) is 4.47. The van der Waals surface area contributed by atoms with E-state index >= 15 is 0 Å². The molecular weight excluding hydrogens is 276 g/mol. The van der Waals surface area contributed by atoms with E-state index < -0.39 is 11.6 Å². The van der Waals surface area contributed by atoms with E-state index in [1.165, 1.54) is 6.07 Å². The summed E-state index contributed by atoms with van der Waals surface area (Å²) in [5, 5.41) is 9.66. The fourth-order valence-electron chi connectivity index (χ4n) is 1.45. The minimum atomic E-state index is -1.25. The van der Waals surface area contributed by atoms with Gasteiger partial charge in [-0.1, -0.05) is 12.1 Å². The molecule has 0 unspecified atom stereocenters. The van der Waals surface area contributed by atoms with Gasteiger partial charge < -0.3 is 9.52 Å². The predicted octanol–water partition coefficient (Wildman–Crippen LogP) is 2.56. The molecule has 0 radical (unpaired) electrons. The van der Waals surface area contributed by atoms with Gasteiger partial charge in [0.15, 0.2) is 0 Å². The molecule has 0 fully saturated rings. The molecule has 1 N–H and O–H groups in total. The Hall–Kier alpha value is -1.62. The molecule has 1 aromatic heterocycles. The monoisotopic (exact) mass is 282 g/mol. The van der Waals surface area contributed by atoms with Crippen LogP contribution in [0.15, 0.2) is 31.9 Å². The Labute approximate surface area is 98.6 Å². The van der Waals surface area contributed by atoms with E-state index in [0.717, 1.165) is 5.56 Å². The van der Waals surface area contributed by atoms with Crippen molar-refractivity contribution in [1.29, 1.82) is 0 Å². The standard InChI is InChI=1S/C11H7BrO4/c1-5-2-3-6-4-7(10(13)14)16-11(15)8(6)9(5)12/h2-4H,1H3,(H,13,14). The minimum Gasteiger partial charge on any atom is -0.475 e. The van der Waals surface area contributed by atoms with Gasteiger partial charge in [-0.05, 0) is 39.9 Å². The van der Waals surface area contributed by atoms with Crippen molar-refractivity contribution in [2.75, 3.05) is 0 Å². The van der Waals surface area contributed by atoms with Gasteiger partial charge in [0, 0.05) is 4.47 Å². The molecule has 0 bridgehead atoms. The topological polar surface area (TPSA) is 67.5 Å². The van der Waals surface area contributed by atoms with Gasteiger partial charge in [0.05, 0.1) is 5.39 Å². The van der Waals surface area contributed by atoms with Gasteiger partial charge in [-0.15, -0.1) is 0 Å². The molecular formula is C11H7BrO4. The number of hydrogen-bond acceptors (Lipinski definition) is 3. The number of halogens is 1. The van der Waals surface area contributed by atoms with Crippen LogP contribution in [0.2, 0.25) is 0 Å². The third-order valence-corrected chi connectivity index (χ3v) is 3.29. The number of carbonyl (C=O) groups is 1. The van der Waals surface area contributed by atoms with E-state index in [1.807, 2.05) is 6.92 Å². The molecule has 0 aliphatic carbocycles. The molecule has 0 saturated carbocycles. The Morgan fingerprint density at radius 3 is 2.75 bits per heavy atom. The minimum absolute atomic E-state index is 0.353. The van der Waals surface area contributed by atoms with Gasteiger partial charge in [0.25, 0.3) is 0 Å². The summed E-state index contributed by atoms with van der Waals surface area (Å²) in [4.78, 5) is 22.3. The fourth-order valence-corrected chi connectivity index (χ4v) is 1.97. The van der Waals surface area contributed by atoms with Gasteiger partial charge in [-0.2, -0.15) is 0 Å². The zero-order chi connectivity index (χ0) is 11.9. The normalized spacial score (nSPS) is 10.6. The summed E-state index contributed by atoms with van der Waals surface area (Å²) < 4.78 is 5.34. The summed E-state index contributed by atoms with van der Waals surface area (Å²) in [7, 11) is 0. The van der Waals surface area contributed by atoms with Crippen LogP contribution in [0.1, 0.15) is 16.1 Å². The third-order valence-electron chi connectivity index (χ3n) is 2.27. The van der Waals surface area contributed by atoms with E-state index in [4.69, 9.17) is 9.52 Å². The second-order valence-corrected chi connectivity index (χ2v) is 4.16. The number of aromatic carboxylic acids is 1. The van der Waals surface area contributed by atoms with Crippen LogP contribution in [0, 0.1) is 6.92 Å². The van der Waals surface area contributed by atoms with Crippen LogP contribution in [0.5, 0.6) is 0 Å². The third kappa shape index (κ3) is 1.63. The maximum absolute atomic E-state index is 11.6. The molecule has 1 aromatic carbocycles. The van der Waals surface area contributed by atoms with Gasteiger partial charge in [0.1, 0.15) is 0 Å². The highest BCUT2D eigenvalue weighted by molar-refractivity contribution is 9.10. The number of benzene rings is 1. The molecule has 1 heterocycles. The predicted molar refractivity (Wildman–Crippen MR) is 61.9 cm³/mol. The zero-order valence-corrected chi connectivity index (χ0v) is 9.87. The molecule has 0 atom stereocenters. The second kappa shape index (κ2) is 3.75. The van der Waals surface area contributed by atoms with E-state index in [9.17, 15) is 9.59 Å². The molecule has 82 valence electrons. The maximum atomic E-state index is 11.6. The van der Waals surface area contributed by atoms with Gasteiger partial charge >= 0.3 is 11.6 Å². The number of carboxylic acids is 1. The quantitative estimate of drug-likeness (QED) is 0.873. The summed E-state index contributed by atoms with van der Waals surface area (Å²) in [6, 6.07) is 4.83. The lowest BCUT2D eigenvalue weighted by Gasteiger charge is -2.03. The summed E-state index contributed by atoms with van der Waals surface area (Å²) in [5.74, 6) is -1.61. The fraction of sp³-hybridized carbons (Fsp3) is 0.0909. The molecule has 0 spiro atoms. The van der Waals surface area contributed by atoms with Crippen LogP contribution >= 0.6 is 15.9 Å². The first kappa shape index (κ1) is 10.9. The first-order valence-corrected chi connectivity index (χ1v) is 5.26. The van der Waals surface area contributed by atoms with Crippen molar-refractivity contribution in [1.82, 2.24) is 0 Å². The number of rotatable bonds is 1. The van der Waals surface area contributed by atoms with Crippen molar-refractivity contribution in [2.45, 2.75) is 6.92 Å². The summed E-state index contributed by atoms with van der Waals surface area (Å²) in [6.45, 7) is 1.84. The SMILES string of the molecule is Cc1ccc2cc(C(=O)O)oc(=O)c2c1Br. The molecule has 2 rings (SSSR count). The summed E-state index contributed by atoms with van der Waals surface area (Å²) >= 11 is 3.29.